The first-order valence-corrected chi connectivity index (χ1v) is 8.50. The maximum atomic E-state index is 12.8. The number of rotatable bonds is 3. The molecule has 5 nitrogen and oxygen atoms in total. The molecule has 0 aromatic heterocycles. The van der Waals surface area contributed by atoms with Crippen molar-refractivity contribution in [1.82, 2.24) is 10.2 Å². The number of carbonyl (C=O) groups excluding carboxylic acids is 3. The van der Waals surface area contributed by atoms with Gasteiger partial charge in [0.15, 0.2) is 0 Å². The lowest BCUT2D eigenvalue weighted by Gasteiger charge is -2.39. The van der Waals surface area contributed by atoms with E-state index < -0.39 is 11.4 Å². The van der Waals surface area contributed by atoms with E-state index in [-0.39, 0.29) is 17.1 Å². The second-order valence-corrected chi connectivity index (χ2v) is 6.99. The molecule has 0 aromatic rings. The highest BCUT2D eigenvalue weighted by molar-refractivity contribution is 7.99. The van der Waals surface area contributed by atoms with Gasteiger partial charge >= 0.3 is 6.03 Å². The number of barbiturate groups is 1. The van der Waals surface area contributed by atoms with Crippen LogP contribution in [0.2, 0.25) is 0 Å². The van der Waals surface area contributed by atoms with Crippen LogP contribution in [0.15, 0.2) is 0 Å². The maximum absolute atomic E-state index is 12.8. The molecule has 1 atom stereocenters. The summed E-state index contributed by atoms with van der Waals surface area (Å²) in [5.41, 5.74) is -0.997. The molecule has 6 heteroatoms. The molecule has 1 spiro atoms. The van der Waals surface area contributed by atoms with Gasteiger partial charge in [-0.1, -0.05) is 32.6 Å². The predicted octanol–water partition coefficient (Wildman–Crippen LogP) is 2.16. The van der Waals surface area contributed by atoms with Crippen molar-refractivity contribution < 1.29 is 14.4 Å². The Labute approximate surface area is 123 Å². The summed E-state index contributed by atoms with van der Waals surface area (Å²) in [5, 5.41) is 2.56. The quantitative estimate of drug-likeness (QED) is 0.811. The molecular formula is C14H22N2O3S. The van der Waals surface area contributed by atoms with Crippen LogP contribution in [0.4, 0.5) is 4.79 Å². The summed E-state index contributed by atoms with van der Waals surface area (Å²) in [6.45, 7) is 2.34. The Kier molecular flexibility index (Phi) is 4.73. The smallest absolute Gasteiger partial charge is 0.277 e. The Morgan fingerprint density at radius 3 is 2.35 bits per heavy atom. The van der Waals surface area contributed by atoms with Crippen molar-refractivity contribution in [1.29, 1.82) is 0 Å². The first-order chi connectivity index (χ1) is 9.51. The Hall–Kier alpha value is -1.04. The van der Waals surface area contributed by atoms with Crippen molar-refractivity contribution in [2.24, 2.45) is 5.41 Å². The third-order valence-corrected chi connectivity index (χ3v) is 5.31. The van der Waals surface area contributed by atoms with E-state index in [0.29, 0.717) is 19.4 Å². The molecule has 1 aliphatic heterocycles. The van der Waals surface area contributed by atoms with Crippen molar-refractivity contribution in [3.63, 3.8) is 0 Å². The fourth-order valence-corrected chi connectivity index (χ4v) is 3.30. The van der Waals surface area contributed by atoms with Crippen LogP contribution in [-0.4, -0.2) is 40.8 Å². The fourth-order valence-electron chi connectivity index (χ4n) is 3.00. The van der Waals surface area contributed by atoms with Gasteiger partial charge in [0.25, 0.3) is 0 Å². The molecule has 1 saturated heterocycles. The van der Waals surface area contributed by atoms with Gasteiger partial charge in [-0.15, -0.1) is 0 Å². The molecule has 0 radical (unpaired) electrons. The zero-order valence-electron chi connectivity index (χ0n) is 12.1. The van der Waals surface area contributed by atoms with Crippen molar-refractivity contribution in [2.45, 2.75) is 50.7 Å². The Morgan fingerprint density at radius 2 is 1.80 bits per heavy atom. The molecule has 0 bridgehead atoms. The molecule has 20 heavy (non-hydrogen) atoms. The van der Waals surface area contributed by atoms with Crippen LogP contribution < -0.4 is 5.32 Å². The van der Waals surface area contributed by atoms with Crippen LogP contribution in [0.5, 0.6) is 0 Å². The Bertz CT molecular complexity index is 417. The average molecular weight is 298 g/mol. The molecule has 112 valence electrons. The molecule has 1 heterocycles. The first kappa shape index (κ1) is 15.4. The zero-order chi connectivity index (χ0) is 14.8. The largest absolute Gasteiger partial charge is 0.330 e. The minimum Gasteiger partial charge on any atom is -0.277 e. The lowest BCUT2D eigenvalue weighted by molar-refractivity contribution is -0.152. The number of amides is 4. The molecule has 2 fully saturated rings. The van der Waals surface area contributed by atoms with E-state index in [2.05, 4.69) is 5.32 Å². The van der Waals surface area contributed by atoms with Gasteiger partial charge in [-0.2, -0.15) is 11.8 Å². The van der Waals surface area contributed by atoms with E-state index in [9.17, 15) is 14.4 Å². The second kappa shape index (κ2) is 6.16. The minimum absolute atomic E-state index is 0.167. The number of thioether (sulfide) groups is 1. The van der Waals surface area contributed by atoms with E-state index in [1.165, 1.54) is 4.90 Å². The number of urea groups is 1. The highest BCUT2D eigenvalue weighted by atomic mass is 32.2. The van der Waals surface area contributed by atoms with Gasteiger partial charge < -0.3 is 0 Å². The van der Waals surface area contributed by atoms with Gasteiger partial charge in [0, 0.05) is 11.8 Å². The number of imide groups is 2. The van der Waals surface area contributed by atoms with Gasteiger partial charge in [-0.05, 0) is 19.1 Å². The summed E-state index contributed by atoms with van der Waals surface area (Å²) < 4.78 is 0. The fraction of sp³-hybridized carbons (Fsp3) is 0.786. The molecule has 0 aromatic carbocycles. The topological polar surface area (TPSA) is 66.5 Å². The molecule has 2 aliphatic rings. The third kappa shape index (κ3) is 2.71. The molecule has 4 amide bonds. The number of carbonyl (C=O) groups is 3. The molecule has 1 saturated carbocycles. The molecule has 1 aliphatic carbocycles. The van der Waals surface area contributed by atoms with Crippen LogP contribution in [-0.2, 0) is 9.59 Å². The lowest BCUT2D eigenvalue weighted by Crippen LogP contribution is -2.64. The number of hydrogen-bond acceptors (Lipinski definition) is 4. The van der Waals surface area contributed by atoms with Gasteiger partial charge in [0.2, 0.25) is 11.8 Å². The summed E-state index contributed by atoms with van der Waals surface area (Å²) in [5.74, 6) is -0.670. The molecular weight excluding hydrogens is 276 g/mol. The van der Waals surface area contributed by atoms with Gasteiger partial charge in [-0.3, -0.25) is 19.8 Å². The zero-order valence-corrected chi connectivity index (χ0v) is 12.9. The standard InChI is InChI=1S/C14H22N2O3S/c1-10(20-2)9-16-12(18)14(11(17)15-13(16)19)7-5-3-4-6-8-14/h10H,3-9H2,1-2H3,(H,15,17,19). The maximum Gasteiger partial charge on any atom is 0.330 e. The van der Waals surface area contributed by atoms with Crippen LogP contribution in [0.1, 0.15) is 45.4 Å². The van der Waals surface area contributed by atoms with E-state index in [4.69, 9.17) is 0 Å². The minimum atomic E-state index is -0.997. The molecule has 1 unspecified atom stereocenters. The predicted molar refractivity (Wildman–Crippen MR) is 78.4 cm³/mol. The number of hydrogen-bond donors (Lipinski definition) is 1. The summed E-state index contributed by atoms with van der Waals surface area (Å²) in [6, 6.07) is -0.559. The third-order valence-electron chi connectivity index (χ3n) is 4.35. The normalized spacial score (nSPS) is 24.5. The highest BCUT2D eigenvalue weighted by Gasteiger charge is 2.53. The number of nitrogens with zero attached hydrogens (tertiary/aromatic N) is 1. The van der Waals surface area contributed by atoms with Crippen LogP contribution in [0.3, 0.4) is 0 Å². The Morgan fingerprint density at radius 1 is 1.20 bits per heavy atom. The molecule has 2 rings (SSSR count). The summed E-state index contributed by atoms with van der Waals surface area (Å²) in [6.07, 6.45) is 6.93. The van der Waals surface area contributed by atoms with Gasteiger partial charge in [0.05, 0.1) is 0 Å². The van der Waals surface area contributed by atoms with E-state index in [1.807, 2.05) is 13.2 Å². The monoisotopic (exact) mass is 298 g/mol. The van der Waals surface area contributed by atoms with Crippen molar-refractivity contribution in [3.05, 3.63) is 0 Å². The molecule has 1 N–H and O–H groups in total. The van der Waals surface area contributed by atoms with Gasteiger partial charge in [-0.25, -0.2) is 4.79 Å². The van der Waals surface area contributed by atoms with Crippen molar-refractivity contribution in [3.8, 4) is 0 Å². The Balaban J connectivity index is 2.25. The van der Waals surface area contributed by atoms with Gasteiger partial charge in [0.1, 0.15) is 5.41 Å². The van der Waals surface area contributed by atoms with Crippen LogP contribution in [0.25, 0.3) is 0 Å². The lowest BCUT2D eigenvalue weighted by atomic mass is 9.77. The highest BCUT2D eigenvalue weighted by Crippen LogP contribution is 2.39. The van der Waals surface area contributed by atoms with E-state index >= 15 is 0 Å². The average Bonchev–Trinajstić information content (AvgIpc) is 2.68. The number of nitrogens with one attached hydrogen (secondary N) is 1. The van der Waals surface area contributed by atoms with E-state index in [0.717, 1.165) is 25.7 Å². The first-order valence-electron chi connectivity index (χ1n) is 7.21. The van der Waals surface area contributed by atoms with Crippen molar-refractivity contribution in [2.75, 3.05) is 12.8 Å². The SMILES string of the molecule is CSC(C)CN1C(=O)NC(=O)C2(CCCCCC2)C1=O. The van der Waals surface area contributed by atoms with Crippen LogP contribution >= 0.6 is 11.8 Å². The summed E-state index contributed by atoms with van der Waals surface area (Å²) in [7, 11) is 0. The van der Waals surface area contributed by atoms with Crippen LogP contribution in [0, 0.1) is 5.41 Å². The van der Waals surface area contributed by atoms with E-state index in [1.54, 1.807) is 11.8 Å². The summed E-state index contributed by atoms with van der Waals surface area (Å²) >= 11 is 1.60. The second-order valence-electron chi connectivity index (χ2n) is 5.72. The summed E-state index contributed by atoms with van der Waals surface area (Å²) in [4.78, 5) is 38.2. The van der Waals surface area contributed by atoms with Crippen molar-refractivity contribution >= 4 is 29.6 Å².